The summed E-state index contributed by atoms with van der Waals surface area (Å²) in [6.45, 7) is 0.429. The number of hydrogen-bond acceptors (Lipinski definition) is 4. The van der Waals surface area contributed by atoms with Crippen molar-refractivity contribution in [1.29, 1.82) is 0 Å². The molecule has 0 aliphatic rings. The van der Waals surface area contributed by atoms with Crippen LogP contribution in [0, 0.1) is 5.82 Å². The third-order valence-electron chi connectivity index (χ3n) is 1.78. The van der Waals surface area contributed by atoms with E-state index >= 15 is 0 Å². The zero-order valence-corrected chi connectivity index (χ0v) is 8.09. The standard InChI is InChI=1S/C9H8FN3S/c10-8-4-2-1-3-7(8)5-11-9-6-14-13-12-9/h1-4,6,11H,5H2. The molecule has 0 atom stereocenters. The zero-order valence-electron chi connectivity index (χ0n) is 7.27. The molecule has 0 radical (unpaired) electrons. The van der Waals surface area contributed by atoms with Crippen molar-refractivity contribution in [2.45, 2.75) is 6.54 Å². The molecule has 14 heavy (non-hydrogen) atoms. The maximum Gasteiger partial charge on any atom is 0.161 e. The number of benzene rings is 1. The Morgan fingerprint density at radius 1 is 1.36 bits per heavy atom. The fourth-order valence-corrected chi connectivity index (χ4v) is 1.48. The van der Waals surface area contributed by atoms with Crippen LogP contribution in [0.2, 0.25) is 0 Å². The highest BCUT2D eigenvalue weighted by Crippen LogP contribution is 2.09. The number of nitrogens with one attached hydrogen (secondary N) is 1. The van der Waals surface area contributed by atoms with E-state index in [9.17, 15) is 4.39 Å². The Kier molecular flexibility index (Phi) is 2.69. The minimum absolute atomic E-state index is 0.205. The van der Waals surface area contributed by atoms with E-state index in [2.05, 4.69) is 14.9 Å². The maximum absolute atomic E-state index is 13.1. The molecule has 0 aliphatic carbocycles. The highest BCUT2D eigenvalue weighted by molar-refractivity contribution is 7.03. The zero-order chi connectivity index (χ0) is 9.80. The molecular weight excluding hydrogens is 201 g/mol. The minimum Gasteiger partial charge on any atom is -0.364 e. The van der Waals surface area contributed by atoms with Crippen molar-refractivity contribution in [3.63, 3.8) is 0 Å². The highest BCUT2D eigenvalue weighted by Gasteiger charge is 2.00. The summed E-state index contributed by atoms with van der Waals surface area (Å²) in [6, 6.07) is 6.65. The lowest BCUT2D eigenvalue weighted by atomic mass is 10.2. The van der Waals surface area contributed by atoms with E-state index in [1.54, 1.807) is 23.6 Å². The molecule has 72 valence electrons. The summed E-state index contributed by atoms with van der Waals surface area (Å²) in [5.74, 6) is 0.474. The van der Waals surface area contributed by atoms with Gasteiger partial charge in [0, 0.05) is 12.1 Å². The van der Waals surface area contributed by atoms with Crippen LogP contribution in [0.25, 0.3) is 0 Å². The first kappa shape index (κ1) is 9.08. The van der Waals surface area contributed by atoms with Crippen LogP contribution >= 0.6 is 11.5 Å². The van der Waals surface area contributed by atoms with Crippen molar-refractivity contribution in [2.75, 3.05) is 5.32 Å². The third-order valence-corrected chi connectivity index (χ3v) is 2.28. The lowest BCUT2D eigenvalue weighted by Crippen LogP contribution is -2.01. The molecule has 0 unspecified atom stereocenters. The van der Waals surface area contributed by atoms with Crippen molar-refractivity contribution in [3.8, 4) is 0 Å². The van der Waals surface area contributed by atoms with Crippen LogP contribution in [0.1, 0.15) is 5.56 Å². The van der Waals surface area contributed by atoms with Crippen molar-refractivity contribution in [2.24, 2.45) is 0 Å². The summed E-state index contributed by atoms with van der Waals surface area (Å²) in [5, 5.41) is 8.55. The van der Waals surface area contributed by atoms with Gasteiger partial charge in [-0.1, -0.05) is 22.7 Å². The van der Waals surface area contributed by atoms with E-state index in [0.717, 1.165) is 0 Å². The van der Waals surface area contributed by atoms with Crippen molar-refractivity contribution in [3.05, 3.63) is 41.0 Å². The van der Waals surface area contributed by atoms with Crippen LogP contribution < -0.4 is 5.32 Å². The average molecular weight is 209 g/mol. The van der Waals surface area contributed by atoms with E-state index in [0.29, 0.717) is 17.9 Å². The Hall–Kier alpha value is -1.49. The van der Waals surface area contributed by atoms with Crippen molar-refractivity contribution >= 4 is 17.4 Å². The molecule has 1 heterocycles. The summed E-state index contributed by atoms with van der Waals surface area (Å²) in [7, 11) is 0. The van der Waals surface area contributed by atoms with Gasteiger partial charge in [0.25, 0.3) is 0 Å². The van der Waals surface area contributed by atoms with Crippen LogP contribution in [-0.2, 0) is 6.54 Å². The largest absolute Gasteiger partial charge is 0.364 e. The topological polar surface area (TPSA) is 37.8 Å². The Bertz CT molecular complexity index is 402. The lowest BCUT2D eigenvalue weighted by molar-refractivity contribution is 0.613. The fraction of sp³-hybridized carbons (Fsp3) is 0.111. The fourth-order valence-electron chi connectivity index (χ4n) is 1.07. The molecule has 1 aromatic heterocycles. The Morgan fingerprint density at radius 2 is 2.21 bits per heavy atom. The van der Waals surface area contributed by atoms with Gasteiger partial charge in [-0.25, -0.2) is 4.39 Å². The molecule has 0 saturated carbocycles. The van der Waals surface area contributed by atoms with E-state index < -0.39 is 0 Å². The number of hydrogen-bond donors (Lipinski definition) is 1. The first-order chi connectivity index (χ1) is 6.86. The molecule has 0 spiro atoms. The van der Waals surface area contributed by atoms with Gasteiger partial charge >= 0.3 is 0 Å². The second-order valence-corrected chi connectivity index (χ2v) is 3.34. The summed E-state index contributed by atoms with van der Waals surface area (Å²) in [6.07, 6.45) is 0. The van der Waals surface area contributed by atoms with Gasteiger partial charge in [-0.15, -0.1) is 5.10 Å². The smallest absolute Gasteiger partial charge is 0.161 e. The Balaban J connectivity index is 2.02. The van der Waals surface area contributed by atoms with Gasteiger partial charge in [0.2, 0.25) is 0 Å². The molecule has 0 amide bonds. The van der Waals surface area contributed by atoms with Crippen molar-refractivity contribution < 1.29 is 4.39 Å². The van der Waals surface area contributed by atoms with Gasteiger partial charge in [-0.3, -0.25) is 0 Å². The number of anilines is 1. The molecule has 1 N–H and O–H groups in total. The molecule has 2 aromatic rings. The second-order valence-electron chi connectivity index (χ2n) is 2.74. The van der Waals surface area contributed by atoms with E-state index in [4.69, 9.17) is 0 Å². The second kappa shape index (κ2) is 4.15. The highest BCUT2D eigenvalue weighted by atomic mass is 32.1. The van der Waals surface area contributed by atoms with Gasteiger partial charge in [0.1, 0.15) is 5.82 Å². The molecule has 0 fully saturated rings. The molecule has 0 bridgehead atoms. The molecular formula is C9H8FN3S. The molecule has 0 saturated heterocycles. The van der Waals surface area contributed by atoms with Crippen LogP contribution in [-0.4, -0.2) is 9.59 Å². The van der Waals surface area contributed by atoms with Gasteiger partial charge in [-0.2, -0.15) is 0 Å². The summed E-state index contributed by atoms with van der Waals surface area (Å²) < 4.78 is 16.8. The molecule has 3 nitrogen and oxygen atoms in total. The SMILES string of the molecule is Fc1ccccc1CNc1csnn1. The third kappa shape index (κ3) is 2.05. The Labute approximate surface area is 84.8 Å². The average Bonchev–Trinajstić information content (AvgIpc) is 2.69. The van der Waals surface area contributed by atoms with E-state index in [1.807, 2.05) is 0 Å². The van der Waals surface area contributed by atoms with Crippen LogP contribution in [0.4, 0.5) is 10.2 Å². The van der Waals surface area contributed by atoms with E-state index in [-0.39, 0.29) is 5.82 Å². The van der Waals surface area contributed by atoms with Crippen LogP contribution in [0.3, 0.4) is 0 Å². The van der Waals surface area contributed by atoms with Gasteiger partial charge in [0.05, 0.1) is 5.38 Å². The summed E-state index contributed by atoms with van der Waals surface area (Å²) in [5.41, 5.74) is 0.625. The van der Waals surface area contributed by atoms with Gasteiger partial charge < -0.3 is 5.32 Å². The molecule has 5 heteroatoms. The summed E-state index contributed by atoms with van der Waals surface area (Å²) in [4.78, 5) is 0. The molecule has 1 aromatic carbocycles. The molecule has 0 aliphatic heterocycles. The maximum atomic E-state index is 13.1. The lowest BCUT2D eigenvalue weighted by Gasteiger charge is -2.03. The molecule has 2 rings (SSSR count). The number of aromatic nitrogens is 2. The van der Waals surface area contributed by atoms with Gasteiger partial charge in [-0.05, 0) is 17.6 Å². The van der Waals surface area contributed by atoms with E-state index in [1.165, 1.54) is 17.6 Å². The van der Waals surface area contributed by atoms with Crippen LogP contribution in [0.15, 0.2) is 29.6 Å². The minimum atomic E-state index is -0.205. The Morgan fingerprint density at radius 3 is 2.93 bits per heavy atom. The first-order valence-corrected chi connectivity index (χ1v) is 4.94. The number of halogens is 1. The number of rotatable bonds is 3. The van der Waals surface area contributed by atoms with Crippen LogP contribution in [0.5, 0.6) is 0 Å². The predicted octanol–water partition coefficient (Wildman–Crippen LogP) is 2.29. The monoisotopic (exact) mass is 209 g/mol. The first-order valence-electron chi connectivity index (χ1n) is 4.10. The quantitative estimate of drug-likeness (QED) is 0.842. The van der Waals surface area contributed by atoms with Crippen molar-refractivity contribution in [1.82, 2.24) is 9.59 Å². The normalized spacial score (nSPS) is 10.1. The van der Waals surface area contributed by atoms with Gasteiger partial charge in [0.15, 0.2) is 5.82 Å². The predicted molar refractivity (Wildman–Crippen MR) is 53.6 cm³/mol. The number of nitrogens with zero attached hydrogens (tertiary/aromatic N) is 2. The summed E-state index contributed by atoms with van der Waals surface area (Å²) >= 11 is 1.26.